The second kappa shape index (κ2) is 26.0. The zero-order chi connectivity index (χ0) is 40.8. The molecule has 0 spiro atoms. The number of benzene rings is 2. The van der Waals surface area contributed by atoms with E-state index in [1.54, 1.807) is 17.5 Å². The largest absolute Gasteiger partial charge is 1.00 e. The Hall–Kier alpha value is -1.75. The van der Waals surface area contributed by atoms with Crippen LogP contribution < -0.4 is 134 Å². The van der Waals surface area contributed by atoms with Crippen molar-refractivity contribution < 1.29 is 132 Å². The average Bonchev–Trinajstić information content (AvgIpc) is 3.82. The number of thiazole rings is 2. The van der Waals surface area contributed by atoms with Crippen molar-refractivity contribution in [3.63, 3.8) is 0 Å². The number of carbonyl (C=O) groups is 1. The van der Waals surface area contributed by atoms with Crippen molar-refractivity contribution in [2.24, 2.45) is 0 Å². The maximum atomic E-state index is 12.7. The fourth-order valence-corrected chi connectivity index (χ4v) is 8.10. The Balaban J connectivity index is 0.000000304. The van der Waals surface area contributed by atoms with Crippen LogP contribution in [0.3, 0.4) is 0 Å². The van der Waals surface area contributed by atoms with Crippen LogP contribution in [0.5, 0.6) is 0 Å². The average molecular weight is 917 g/mol. The van der Waals surface area contributed by atoms with Crippen molar-refractivity contribution in [1.29, 1.82) is 0 Å². The summed E-state index contributed by atoms with van der Waals surface area (Å²) in [6, 6.07) is 21.1. The summed E-state index contributed by atoms with van der Waals surface area (Å²) in [7, 11) is -3.56. The topological polar surface area (TPSA) is 183 Å². The van der Waals surface area contributed by atoms with Crippen LogP contribution in [0.15, 0.2) is 93.4 Å². The summed E-state index contributed by atoms with van der Waals surface area (Å²) in [6.45, 7) is 12.3. The second-order valence-electron chi connectivity index (χ2n) is 13.0. The minimum absolute atomic E-state index is 0. The quantitative estimate of drug-likeness (QED) is 0.0524. The van der Waals surface area contributed by atoms with Crippen molar-refractivity contribution in [3.8, 4) is 0 Å². The van der Waals surface area contributed by atoms with Crippen LogP contribution in [-0.2, 0) is 37.1 Å². The SMILES string of the molecule is Cc1csc2ncc(CN3CCN(c4ccccc4)CC3)c(=O)n12.Cc1csc2ncc(COS(C)(=O)=O)c(=O)n12.O=CO[O-].[H-].[K+].[K+].c1ccc(N2CCNCC2)cc1. The Labute approximate surface area is 437 Å². The molecule has 16 nitrogen and oxygen atoms in total. The van der Waals surface area contributed by atoms with Gasteiger partial charge in [-0.25, -0.2) is 9.97 Å². The molecule has 2 aromatic carbocycles. The van der Waals surface area contributed by atoms with Crippen LogP contribution in [0.2, 0.25) is 0 Å². The smallest absolute Gasteiger partial charge is 1.00 e. The number of nitrogens with zero attached hydrogens (tertiary/aromatic N) is 7. The van der Waals surface area contributed by atoms with Crippen LogP contribution in [0.25, 0.3) is 9.92 Å². The summed E-state index contributed by atoms with van der Waals surface area (Å²) in [5, 5.41) is 15.6. The number of aryl methyl sites for hydroxylation is 2. The number of fused-ring (bicyclic) bond motifs is 2. The number of aromatic nitrogens is 4. The third-order valence-corrected chi connectivity index (χ3v) is 11.4. The summed E-state index contributed by atoms with van der Waals surface area (Å²) in [5.74, 6) is 0. The predicted molar refractivity (Wildman–Crippen MR) is 222 cm³/mol. The molecule has 4 aromatic heterocycles. The molecule has 0 aliphatic carbocycles. The number of piperazine rings is 2. The van der Waals surface area contributed by atoms with E-state index in [0.29, 0.717) is 11.5 Å². The van der Waals surface area contributed by atoms with E-state index >= 15 is 0 Å². The fourth-order valence-electron chi connectivity index (χ4n) is 6.11. The molecule has 0 amide bonds. The Morgan fingerprint density at radius 3 is 1.66 bits per heavy atom. The molecule has 8 rings (SSSR count). The Bertz CT molecular complexity index is 2430. The molecule has 21 heteroatoms. The molecule has 59 heavy (non-hydrogen) atoms. The van der Waals surface area contributed by atoms with Crippen molar-refractivity contribution in [1.82, 2.24) is 29.0 Å². The van der Waals surface area contributed by atoms with E-state index in [9.17, 15) is 18.0 Å². The van der Waals surface area contributed by atoms with Gasteiger partial charge in [0.05, 0.1) is 24.0 Å². The van der Waals surface area contributed by atoms with Gasteiger partial charge in [-0.2, -0.15) is 8.42 Å². The molecule has 2 aliphatic heterocycles. The van der Waals surface area contributed by atoms with Gasteiger partial charge in [0.15, 0.2) is 9.92 Å². The predicted octanol–water partition coefficient (Wildman–Crippen LogP) is -3.42. The zero-order valence-corrected chi connectivity index (χ0v) is 42.5. The number of rotatable bonds is 8. The van der Waals surface area contributed by atoms with Crippen LogP contribution >= 0.6 is 22.7 Å². The van der Waals surface area contributed by atoms with Gasteiger partial charge in [0.1, 0.15) is 0 Å². The van der Waals surface area contributed by atoms with E-state index in [1.807, 2.05) is 23.8 Å². The molecule has 0 saturated carbocycles. The van der Waals surface area contributed by atoms with Gasteiger partial charge in [-0.15, -0.1) is 22.7 Å². The molecule has 6 heterocycles. The summed E-state index contributed by atoms with van der Waals surface area (Å²) >= 11 is 2.87. The molecule has 1 N–H and O–H groups in total. The maximum Gasteiger partial charge on any atom is 1.00 e. The van der Waals surface area contributed by atoms with E-state index in [4.69, 9.17) is 10.1 Å². The number of hydrogen-bond acceptors (Lipinski definition) is 16. The first-order valence-corrected chi connectivity index (χ1v) is 21.6. The van der Waals surface area contributed by atoms with Crippen LogP contribution in [0.4, 0.5) is 11.4 Å². The Kier molecular flexibility index (Phi) is 22.8. The minimum Gasteiger partial charge on any atom is -1.00 e. The molecular formula is C38H46K2N8O8S3. The summed E-state index contributed by atoms with van der Waals surface area (Å²) < 4.78 is 29.4. The first-order valence-electron chi connectivity index (χ1n) is 18.0. The minimum atomic E-state index is -3.56. The van der Waals surface area contributed by atoms with Crippen molar-refractivity contribution >= 4 is 60.6 Å². The monoisotopic (exact) mass is 916 g/mol. The van der Waals surface area contributed by atoms with Crippen molar-refractivity contribution in [2.75, 3.05) is 68.4 Å². The van der Waals surface area contributed by atoms with Gasteiger partial charge in [-0.1, -0.05) is 36.4 Å². The van der Waals surface area contributed by atoms with Gasteiger partial charge in [0, 0.05) is 105 Å². The molecular weight excluding hydrogens is 871 g/mol. The first kappa shape index (κ1) is 51.6. The van der Waals surface area contributed by atoms with E-state index in [1.165, 1.54) is 44.6 Å². The molecule has 0 atom stereocenters. The van der Waals surface area contributed by atoms with Crippen LogP contribution in [-0.4, -0.2) is 97.2 Å². The molecule has 2 aliphatic rings. The standard InChI is InChI=1S/C18H20N4OS.C10H14N2.C9H10N2O4S2.CH2O3.2K.H/c1-14-13-24-18-19-11-15(17(23)22(14)18)12-20-7-9-21(10-8-20)16-5-3-2-4-6-16;1-2-4-10(5-3-1)12-8-6-11-7-9-12;1-6-5-16-9-10-3-7(8(12)11(6)9)4-15-17(2,13)14;2-1-4-3;;;/h2-6,11,13H,7-10,12H2,1H3;1-5,11H,6-9H2;3,5H,4H2,1-2H3;1,3H;;;/q;;;;2*+1;-1/p-1. The van der Waals surface area contributed by atoms with Crippen molar-refractivity contribution in [3.05, 3.63) is 127 Å². The number of anilines is 2. The number of nitrogens with one attached hydrogen (secondary N) is 1. The molecule has 2 saturated heterocycles. The van der Waals surface area contributed by atoms with Crippen LogP contribution in [0.1, 0.15) is 23.9 Å². The number of hydrogen-bond donors (Lipinski definition) is 1. The van der Waals surface area contributed by atoms with E-state index < -0.39 is 10.1 Å². The van der Waals surface area contributed by atoms with Gasteiger partial charge in [0.25, 0.3) is 27.7 Å². The van der Waals surface area contributed by atoms with E-state index in [-0.39, 0.29) is 134 Å². The summed E-state index contributed by atoms with van der Waals surface area (Å²) in [5.41, 5.74) is 5.12. The molecule has 0 bridgehead atoms. The van der Waals surface area contributed by atoms with Gasteiger partial charge < -0.3 is 26.7 Å². The number of para-hydroxylation sites is 2. The Morgan fingerprint density at radius 2 is 1.20 bits per heavy atom. The van der Waals surface area contributed by atoms with Gasteiger partial charge in [-0.05, 0) is 38.1 Å². The van der Waals surface area contributed by atoms with Crippen molar-refractivity contribution in [2.45, 2.75) is 27.0 Å². The third kappa shape index (κ3) is 15.5. The second-order valence-corrected chi connectivity index (χ2v) is 16.3. The molecule has 306 valence electrons. The van der Waals surface area contributed by atoms with Gasteiger partial charge in [-0.3, -0.25) is 32.3 Å². The normalized spacial score (nSPS) is 14.0. The fraction of sp³-hybridized carbons (Fsp3) is 0.342. The Morgan fingerprint density at radius 1 is 0.763 bits per heavy atom. The first-order chi connectivity index (χ1) is 27.5. The third-order valence-electron chi connectivity index (χ3n) is 8.97. The molecule has 6 aromatic rings. The van der Waals surface area contributed by atoms with Crippen LogP contribution in [0, 0.1) is 13.8 Å². The van der Waals surface area contributed by atoms with Gasteiger partial charge in [0.2, 0.25) is 0 Å². The zero-order valence-electron chi connectivity index (χ0n) is 34.9. The summed E-state index contributed by atoms with van der Waals surface area (Å²) in [4.78, 5) is 52.9. The molecule has 2 fully saturated rings. The van der Waals surface area contributed by atoms with E-state index in [2.05, 4.69) is 93.7 Å². The summed E-state index contributed by atoms with van der Waals surface area (Å²) in [6.07, 6.45) is 4.03. The van der Waals surface area contributed by atoms with Gasteiger partial charge >= 0.3 is 103 Å². The number of carbonyl (C=O) groups excluding carboxylic acids is 1. The molecule has 0 unspecified atom stereocenters. The maximum absolute atomic E-state index is 12.7. The molecule has 0 radical (unpaired) electrons. The van der Waals surface area contributed by atoms with E-state index in [0.717, 1.165) is 80.5 Å².